The Morgan fingerprint density at radius 3 is 2.75 bits per heavy atom. The Kier molecular flexibility index (Phi) is 5.37. The average Bonchev–Trinajstić information content (AvgIpc) is 2.54. The van der Waals surface area contributed by atoms with Gasteiger partial charge in [0.2, 0.25) is 5.88 Å². The Hall–Kier alpha value is -2.65. The van der Waals surface area contributed by atoms with Crippen molar-refractivity contribution in [3.05, 3.63) is 51.6 Å². The van der Waals surface area contributed by atoms with E-state index in [1.165, 1.54) is 7.11 Å². The first kappa shape index (κ1) is 17.7. The van der Waals surface area contributed by atoms with E-state index in [0.717, 1.165) is 0 Å². The first-order chi connectivity index (χ1) is 11.4. The van der Waals surface area contributed by atoms with Gasteiger partial charge in [-0.2, -0.15) is 5.26 Å². The summed E-state index contributed by atoms with van der Waals surface area (Å²) < 4.78 is 15.6. The number of nitrogens with zero attached hydrogens (tertiary/aromatic N) is 1. The van der Waals surface area contributed by atoms with Crippen LogP contribution in [0.4, 0.5) is 0 Å². The summed E-state index contributed by atoms with van der Waals surface area (Å²) in [5.74, 6) is -0.540. The molecule has 0 bridgehead atoms. The van der Waals surface area contributed by atoms with Crippen molar-refractivity contribution in [3.8, 4) is 11.8 Å². The number of carbonyl (C=O) groups excluding carboxylic acids is 1. The third-order valence-electron chi connectivity index (χ3n) is 3.61. The lowest BCUT2D eigenvalue weighted by molar-refractivity contribution is -0.139. The molecule has 0 fully saturated rings. The Morgan fingerprint density at radius 1 is 1.50 bits per heavy atom. The number of ether oxygens (including phenoxy) is 3. The van der Waals surface area contributed by atoms with Gasteiger partial charge in [0, 0.05) is 0 Å². The summed E-state index contributed by atoms with van der Waals surface area (Å²) in [5, 5.41) is 9.84. The van der Waals surface area contributed by atoms with Crippen LogP contribution in [0.5, 0.6) is 5.75 Å². The molecule has 0 spiro atoms. The molecule has 2 N–H and O–H groups in total. The minimum atomic E-state index is -0.716. The standard InChI is InChI=1S/C17H17ClN2O4/c1-4-23-17(21)14-9(2)24-16(20)11(8-19)15(14)10-5-6-13(22-3)12(18)7-10/h5-7,15H,4,20H2,1-3H3. The number of esters is 1. The fourth-order valence-electron chi connectivity index (χ4n) is 2.55. The zero-order chi connectivity index (χ0) is 17.9. The van der Waals surface area contributed by atoms with E-state index < -0.39 is 11.9 Å². The monoisotopic (exact) mass is 348 g/mol. The molecule has 0 aromatic heterocycles. The van der Waals surface area contributed by atoms with Crippen LogP contribution in [0.2, 0.25) is 5.02 Å². The Labute approximate surface area is 145 Å². The fraction of sp³-hybridized carbons (Fsp3) is 0.294. The molecule has 0 saturated heterocycles. The van der Waals surface area contributed by atoms with Gasteiger partial charge in [0.25, 0.3) is 0 Å². The molecule has 1 aliphatic heterocycles. The molecule has 6 nitrogen and oxygen atoms in total. The van der Waals surface area contributed by atoms with Gasteiger partial charge in [0.15, 0.2) is 0 Å². The second-order valence-electron chi connectivity index (χ2n) is 5.01. The highest BCUT2D eigenvalue weighted by Crippen LogP contribution is 2.41. The van der Waals surface area contributed by atoms with E-state index in [9.17, 15) is 10.1 Å². The summed E-state index contributed by atoms with van der Waals surface area (Å²) in [6.07, 6.45) is 0. The van der Waals surface area contributed by atoms with Gasteiger partial charge in [-0.1, -0.05) is 17.7 Å². The van der Waals surface area contributed by atoms with Gasteiger partial charge in [0.05, 0.1) is 30.2 Å². The second-order valence-corrected chi connectivity index (χ2v) is 5.42. The van der Waals surface area contributed by atoms with E-state index >= 15 is 0 Å². The van der Waals surface area contributed by atoms with Gasteiger partial charge in [-0.3, -0.25) is 0 Å². The fourth-order valence-corrected chi connectivity index (χ4v) is 2.82. The van der Waals surface area contributed by atoms with Crippen LogP contribution in [0.3, 0.4) is 0 Å². The van der Waals surface area contributed by atoms with Crippen molar-refractivity contribution in [1.82, 2.24) is 0 Å². The lowest BCUT2D eigenvalue weighted by Gasteiger charge is -2.27. The van der Waals surface area contributed by atoms with Crippen LogP contribution >= 0.6 is 11.6 Å². The molecular weight excluding hydrogens is 332 g/mol. The molecule has 0 radical (unpaired) electrons. The van der Waals surface area contributed by atoms with Crippen molar-refractivity contribution >= 4 is 17.6 Å². The predicted octanol–water partition coefficient (Wildman–Crippen LogP) is 2.99. The summed E-state index contributed by atoms with van der Waals surface area (Å²) in [6.45, 7) is 3.50. The Balaban J connectivity index is 2.62. The molecule has 126 valence electrons. The number of benzene rings is 1. The van der Waals surface area contributed by atoms with Crippen LogP contribution in [-0.2, 0) is 14.3 Å². The molecular formula is C17H17ClN2O4. The smallest absolute Gasteiger partial charge is 0.338 e. The molecule has 1 heterocycles. The van der Waals surface area contributed by atoms with Crippen LogP contribution in [-0.4, -0.2) is 19.7 Å². The molecule has 1 aliphatic rings. The van der Waals surface area contributed by atoms with Gasteiger partial charge in [-0.25, -0.2) is 4.79 Å². The van der Waals surface area contributed by atoms with Crippen LogP contribution in [0.1, 0.15) is 25.3 Å². The number of nitriles is 1. The summed E-state index contributed by atoms with van der Waals surface area (Å²) in [5.41, 5.74) is 6.80. The van der Waals surface area contributed by atoms with Crippen molar-refractivity contribution in [3.63, 3.8) is 0 Å². The van der Waals surface area contributed by atoms with Crippen LogP contribution < -0.4 is 10.5 Å². The van der Waals surface area contributed by atoms with E-state index in [0.29, 0.717) is 22.1 Å². The van der Waals surface area contributed by atoms with Crippen molar-refractivity contribution < 1.29 is 19.0 Å². The lowest BCUT2D eigenvalue weighted by Crippen LogP contribution is -2.25. The van der Waals surface area contributed by atoms with Gasteiger partial charge in [0.1, 0.15) is 23.2 Å². The molecule has 0 amide bonds. The summed E-state index contributed by atoms with van der Waals surface area (Å²) in [6, 6.07) is 7.03. The van der Waals surface area contributed by atoms with Gasteiger partial charge >= 0.3 is 5.97 Å². The summed E-state index contributed by atoms with van der Waals surface area (Å²) in [7, 11) is 1.50. The second kappa shape index (κ2) is 7.28. The SMILES string of the molecule is CCOC(=O)C1=C(C)OC(N)=C(C#N)C1c1ccc(OC)c(Cl)c1. The zero-order valence-corrected chi connectivity index (χ0v) is 14.3. The predicted molar refractivity (Wildman–Crippen MR) is 88.0 cm³/mol. The van der Waals surface area contributed by atoms with E-state index in [-0.39, 0.29) is 23.6 Å². The largest absolute Gasteiger partial charge is 0.495 e. The van der Waals surface area contributed by atoms with Crippen molar-refractivity contribution in [2.24, 2.45) is 5.73 Å². The normalized spacial score (nSPS) is 17.2. The molecule has 1 atom stereocenters. The maximum absolute atomic E-state index is 12.4. The van der Waals surface area contributed by atoms with E-state index in [1.807, 2.05) is 6.07 Å². The third-order valence-corrected chi connectivity index (χ3v) is 3.91. The molecule has 1 aromatic carbocycles. The van der Waals surface area contributed by atoms with Crippen LogP contribution in [0, 0.1) is 11.3 Å². The number of halogens is 1. The molecule has 2 rings (SSSR count). The quantitative estimate of drug-likeness (QED) is 0.840. The molecule has 24 heavy (non-hydrogen) atoms. The van der Waals surface area contributed by atoms with Gasteiger partial charge in [-0.05, 0) is 31.5 Å². The van der Waals surface area contributed by atoms with E-state index in [4.69, 9.17) is 31.5 Å². The lowest BCUT2D eigenvalue weighted by atomic mass is 9.83. The van der Waals surface area contributed by atoms with Crippen LogP contribution in [0.15, 0.2) is 41.0 Å². The molecule has 0 aliphatic carbocycles. The maximum atomic E-state index is 12.4. The van der Waals surface area contributed by atoms with E-state index in [1.54, 1.807) is 32.0 Å². The molecule has 7 heteroatoms. The molecule has 0 saturated carbocycles. The molecule has 1 unspecified atom stereocenters. The Morgan fingerprint density at radius 2 is 2.21 bits per heavy atom. The average molecular weight is 349 g/mol. The number of hydrogen-bond acceptors (Lipinski definition) is 6. The highest BCUT2D eigenvalue weighted by Gasteiger charge is 2.36. The number of rotatable bonds is 4. The van der Waals surface area contributed by atoms with Crippen molar-refractivity contribution in [1.29, 1.82) is 5.26 Å². The number of methoxy groups -OCH3 is 1. The minimum Gasteiger partial charge on any atom is -0.495 e. The highest BCUT2D eigenvalue weighted by molar-refractivity contribution is 6.32. The molecule has 1 aromatic rings. The van der Waals surface area contributed by atoms with Crippen molar-refractivity contribution in [2.75, 3.05) is 13.7 Å². The first-order valence-corrected chi connectivity index (χ1v) is 7.61. The number of carbonyl (C=O) groups is 1. The number of allylic oxidation sites excluding steroid dienone is 2. The maximum Gasteiger partial charge on any atom is 0.338 e. The van der Waals surface area contributed by atoms with Gasteiger partial charge < -0.3 is 19.9 Å². The third kappa shape index (κ3) is 3.17. The summed E-state index contributed by atoms with van der Waals surface area (Å²) in [4.78, 5) is 12.4. The van der Waals surface area contributed by atoms with Gasteiger partial charge in [-0.15, -0.1) is 0 Å². The minimum absolute atomic E-state index is 0.0417. The topological polar surface area (TPSA) is 94.6 Å². The zero-order valence-electron chi connectivity index (χ0n) is 13.6. The summed E-state index contributed by atoms with van der Waals surface area (Å²) >= 11 is 6.18. The Bertz CT molecular complexity index is 777. The first-order valence-electron chi connectivity index (χ1n) is 7.23. The van der Waals surface area contributed by atoms with Crippen LogP contribution in [0.25, 0.3) is 0 Å². The highest BCUT2D eigenvalue weighted by atomic mass is 35.5. The van der Waals surface area contributed by atoms with Crippen molar-refractivity contribution in [2.45, 2.75) is 19.8 Å². The number of hydrogen-bond donors (Lipinski definition) is 1. The van der Waals surface area contributed by atoms with E-state index in [2.05, 4.69) is 0 Å². The number of nitrogens with two attached hydrogens (primary N) is 1.